The number of urea groups is 1. The van der Waals surface area contributed by atoms with E-state index in [0.29, 0.717) is 11.0 Å². The molecule has 6 heteroatoms. The van der Waals surface area contributed by atoms with Gasteiger partial charge in [-0.15, -0.1) is 11.3 Å². The van der Waals surface area contributed by atoms with Crippen molar-refractivity contribution in [3.8, 4) is 0 Å². The standard InChI is InChI=1S/C18H20BrFN2OS/c1-12-6-9-17(24-12)16-5-3-2-4-10-22(16)18(23)21-15-8-7-13(19)11-14(15)20/h6-9,11,16H,2-5,10H2,1H3,(H,21,23). The Balaban J connectivity index is 1.81. The highest BCUT2D eigenvalue weighted by atomic mass is 79.9. The topological polar surface area (TPSA) is 32.3 Å². The second kappa shape index (κ2) is 7.66. The zero-order valence-corrected chi connectivity index (χ0v) is 15.9. The van der Waals surface area contributed by atoms with Gasteiger partial charge in [-0.05, 0) is 50.1 Å². The minimum absolute atomic E-state index is 0.0738. The van der Waals surface area contributed by atoms with Gasteiger partial charge in [0.05, 0.1) is 11.7 Å². The van der Waals surface area contributed by atoms with Crippen LogP contribution in [0.2, 0.25) is 0 Å². The molecule has 0 saturated carbocycles. The Morgan fingerprint density at radius 1 is 1.29 bits per heavy atom. The summed E-state index contributed by atoms with van der Waals surface area (Å²) >= 11 is 4.96. The normalized spacial score (nSPS) is 18.3. The highest BCUT2D eigenvalue weighted by Crippen LogP contribution is 2.34. The molecule has 1 aromatic carbocycles. The third-order valence-corrected chi connectivity index (χ3v) is 5.87. The number of hydrogen-bond donors (Lipinski definition) is 1. The highest BCUT2D eigenvalue weighted by molar-refractivity contribution is 9.10. The molecule has 24 heavy (non-hydrogen) atoms. The summed E-state index contributed by atoms with van der Waals surface area (Å²) in [4.78, 5) is 17.1. The van der Waals surface area contributed by atoms with Gasteiger partial charge in [-0.2, -0.15) is 0 Å². The lowest BCUT2D eigenvalue weighted by Crippen LogP contribution is -2.38. The third-order valence-electron chi connectivity index (χ3n) is 4.28. The van der Waals surface area contributed by atoms with Crippen LogP contribution in [0, 0.1) is 12.7 Å². The van der Waals surface area contributed by atoms with Crippen molar-refractivity contribution in [1.29, 1.82) is 0 Å². The van der Waals surface area contributed by atoms with Crippen molar-refractivity contribution < 1.29 is 9.18 Å². The van der Waals surface area contributed by atoms with Crippen LogP contribution in [0.25, 0.3) is 0 Å². The highest BCUT2D eigenvalue weighted by Gasteiger charge is 2.28. The Morgan fingerprint density at radius 2 is 2.12 bits per heavy atom. The zero-order chi connectivity index (χ0) is 17.1. The molecular weight excluding hydrogens is 391 g/mol. The Morgan fingerprint density at radius 3 is 2.83 bits per heavy atom. The lowest BCUT2D eigenvalue weighted by molar-refractivity contribution is 0.190. The van der Waals surface area contributed by atoms with Crippen molar-refractivity contribution >= 4 is 39.0 Å². The predicted octanol–water partition coefficient (Wildman–Crippen LogP) is 6.11. The number of nitrogens with zero attached hydrogens (tertiary/aromatic N) is 1. The van der Waals surface area contributed by atoms with Gasteiger partial charge in [-0.1, -0.05) is 28.8 Å². The molecule has 0 spiro atoms. The number of carbonyl (C=O) groups is 1. The Hall–Kier alpha value is -1.40. The molecule has 3 rings (SSSR count). The van der Waals surface area contributed by atoms with Crippen molar-refractivity contribution in [3.05, 3.63) is 50.4 Å². The molecule has 1 atom stereocenters. The lowest BCUT2D eigenvalue weighted by atomic mass is 10.1. The van der Waals surface area contributed by atoms with E-state index in [-0.39, 0.29) is 17.8 Å². The SMILES string of the molecule is Cc1ccc(C2CCCCCN2C(=O)Nc2ccc(Br)cc2F)s1. The van der Waals surface area contributed by atoms with Crippen molar-refractivity contribution in [2.45, 2.75) is 38.6 Å². The van der Waals surface area contributed by atoms with Gasteiger partial charge >= 0.3 is 6.03 Å². The van der Waals surface area contributed by atoms with Crippen LogP contribution in [-0.2, 0) is 0 Å². The second-order valence-corrected chi connectivity index (χ2v) is 8.30. The van der Waals surface area contributed by atoms with E-state index >= 15 is 0 Å². The Labute approximate surface area is 154 Å². The maximum absolute atomic E-state index is 14.0. The first-order chi connectivity index (χ1) is 11.5. The van der Waals surface area contributed by atoms with Crippen LogP contribution in [0.1, 0.15) is 41.5 Å². The molecule has 1 aromatic heterocycles. The molecule has 0 aliphatic carbocycles. The number of likely N-dealkylation sites (tertiary alicyclic amines) is 1. The molecule has 1 unspecified atom stereocenters. The fourth-order valence-electron chi connectivity index (χ4n) is 3.06. The fourth-order valence-corrected chi connectivity index (χ4v) is 4.42. The van der Waals surface area contributed by atoms with Crippen LogP contribution < -0.4 is 5.32 Å². The molecule has 2 amide bonds. The number of nitrogens with one attached hydrogen (secondary N) is 1. The summed E-state index contributed by atoms with van der Waals surface area (Å²) < 4.78 is 14.7. The van der Waals surface area contributed by atoms with Crippen LogP contribution in [0.4, 0.5) is 14.9 Å². The number of carbonyl (C=O) groups excluding carboxylic acids is 1. The van der Waals surface area contributed by atoms with E-state index in [2.05, 4.69) is 40.3 Å². The van der Waals surface area contributed by atoms with E-state index in [4.69, 9.17) is 0 Å². The summed E-state index contributed by atoms with van der Waals surface area (Å²) in [5.41, 5.74) is 0.216. The van der Waals surface area contributed by atoms with Crippen LogP contribution in [-0.4, -0.2) is 17.5 Å². The molecule has 2 aromatic rings. The van der Waals surface area contributed by atoms with Gasteiger partial charge in [-0.3, -0.25) is 0 Å². The van der Waals surface area contributed by atoms with Crippen molar-refractivity contribution in [2.24, 2.45) is 0 Å². The summed E-state index contributed by atoms with van der Waals surface area (Å²) in [5.74, 6) is -0.434. The van der Waals surface area contributed by atoms with Gasteiger partial charge in [0, 0.05) is 20.8 Å². The van der Waals surface area contributed by atoms with Gasteiger partial charge in [-0.25, -0.2) is 9.18 Å². The number of amides is 2. The average Bonchev–Trinajstić information content (AvgIpc) is 2.83. The number of rotatable bonds is 2. The molecule has 0 bridgehead atoms. The number of halogens is 2. The molecule has 1 saturated heterocycles. The number of aryl methyl sites for hydroxylation is 1. The largest absolute Gasteiger partial charge is 0.322 e. The number of anilines is 1. The van der Waals surface area contributed by atoms with Crippen LogP contribution in [0.15, 0.2) is 34.8 Å². The first-order valence-electron chi connectivity index (χ1n) is 8.13. The molecule has 1 N–H and O–H groups in total. The summed E-state index contributed by atoms with van der Waals surface area (Å²) in [5, 5.41) is 2.74. The molecule has 128 valence electrons. The van der Waals surface area contributed by atoms with Crippen LogP contribution >= 0.6 is 27.3 Å². The van der Waals surface area contributed by atoms with E-state index in [1.807, 2.05) is 4.90 Å². The minimum Gasteiger partial charge on any atom is -0.317 e. The van der Waals surface area contributed by atoms with Crippen LogP contribution in [0.5, 0.6) is 0 Å². The van der Waals surface area contributed by atoms with Crippen molar-refractivity contribution in [2.75, 3.05) is 11.9 Å². The maximum atomic E-state index is 14.0. The first kappa shape index (κ1) is 17.4. The van der Waals surface area contributed by atoms with Crippen LogP contribution in [0.3, 0.4) is 0 Å². The minimum atomic E-state index is -0.434. The van der Waals surface area contributed by atoms with Gasteiger partial charge in [0.25, 0.3) is 0 Å². The summed E-state index contributed by atoms with van der Waals surface area (Å²) in [6.45, 7) is 2.78. The number of thiophene rings is 1. The molecule has 1 aliphatic heterocycles. The Bertz CT molecular complexity index is 734. The van der Waals surface area contributed by atoms with Crippen molar-refractivity contribution in [3.63, 3.8) is 0 Å². The first-order valence-corrected chi connectivity index (χ1v) is 9.74. The molecule has 0 radical (unpaired) electrons. The predicted molar refractivity (Wildman–Crippen MR) is 100 cm³/mol. The summed E-state index contributed by atoms with van der Waals surface area (Å²) in [6.07, 6.45) is 4.17. The Kier molecular flexibility index (Phi) is 5.56. The lowest BCUT2D eigenvalue weighted by Gasteiger charge is -2.29. The zero-order valence-electron chi connectivity index (χ0n) is 13.5. The summed E-state index contributed by atoms with van der Waals surface area (Å²) in [6, 6.07) is 8.71. The molecule has 1 fully saturated rings. The quantitative estimate of drug-likeness (QED) is 0.636. The van der Waals surface area contributed by atoms with E-state index in [0.717, 1.165) is 25.7 Å². The van der Waals surface area contributed by atoms with Crippen molar-refractivity contribution in [1.82, 2.24) is 4.90 Å². The number of benzene rings is 1. The van der Waals surface area contributed by atoms with E-state index in [9.17, 15) is 9.18 Å². The van der Waals surface area contributed by atoms with Gasteiger partial charge in [0.2, 0.25) is 0 Å². The third kappa shape index (κ3) is 3.98. The van der Waals surface area contributed by atoms with E-state index < -0.39 is 5.82 Å². The molecule has 1 aliphatic rings. The average molecular weight is 411 g/mol. The summed E-state index contributed by atoms with van der Waals surface area (Å²) in [7, 11) is 0. The fraction of sp³-hybridized carbons (Fsp3) is 0.389. The maximum Gasteiger partial charge on any atom is 0.322 e. The van der Waals surface area contributed by atoms with Gasteiger partial charge in [0.15, 0.2) is 0 Å². The molecule has 2 heterocycles. The van der Waals surface area contributed by atoms with Gasteiger partial charge < -0.3 is 10.2 Å². The smallest absolute Gasteiger partial charge is 0.317 e. The molecule has 3 nitrogen and oxygen atoms in total. The van der Waals surface area contributed by atoms with E-state index in [1.54, 1.807) is 23.5 Å². The second-order valence-electron chi connectivity index (χ2n) is 6.06. The van der Waals surface area contributed by atoms with Gasteiger partial charge in [0.1, 0.15) is 5.82 Å². The monoisotopic (exact) mass is 410 g/mol. The molecular formula is C18H20BrFN2OS. The number of hydrogen-bond acceptors (Lipinski definition) is 2. The van der Waals surface area contributed by atoms with E-state index in [1.165, 1.54) is 15.8 Å².